The summed E-state index contributed by atoms with van der Waals surface area (Å²) < 4.78 is 6.95. The van der Waals surface area contributed by atoms with Crippen molar-refractivity contribution in [3.8, 4) is 22.2 Å². The van der Waals surface area contributed by atoms with Crippen LogP contribution >= 0.6 is 34.7 Å². The lowest BCUT2D eigenvalue weighted by molar-refractivity contribution is 0.575. The fourth-order valence-electron chi connectivity index (χ4n) is 2.23. The molecule has 0 aliphatic rings. The number of aromatic nitrogens is 4. The molecule has 0 bridgehead atoms. The van der Waals surface area contributed by atoms with Crippen LogP contribution in [0.3, 0.4) is 0 Å². The summed E-state index contributed by atoms with van der Waals surface area (Å²) in [5.41, 5.74) is 1.56. The van der Waals surface area contributed by atoms with Crippen LogP contribution in [-0.2, 0) is 5.75 Å². The Balaban J connectivity index is 1.50. The van der Waals surface area contributed by atoms with Gasteiger partial charge < -0.3 is 10.3 Å². The Labute approximate surface area is 156 Å². The summed E-state index contributed by atoms with van der Waals surface area (Å²) in [4.78, 5) is 5.48. The van der Waals surface area contributed by atoms with E-state index in [0.29, 0.717) is 27.6 Å². The molecule has 3 heterocycles. The Bertz CT molecular complexity index is 996. The molecule has 4 rings (SSSR count). The zero-order valence-corrected chi connectivity index (χ0v) is 15.2. The van der Waals surface area contributed by atoms with Gasteiger partial charge in [-0.15, -0.1) is 21.5 Å². The first-order valence-corrected chi connectivity index (χ1v) is 9.53. The molecule has 0 spiro atoms. The molecule has 0 aliphatic carbocycles. The third-order valence-corrected chi connectivity index (χ3v) is 5.58. The van der Waals surface area contributed by atoms with Crippen LogP contribution in [0.4, 0.5) is 0 Å². The van der Waals surface area contributed by atoms with E-state index in [2.05, 4.69) is 15.2 Å². The summed E-state index contributed by atoms with van der Waals surface area (Å²) in [6.07, 6.45) is 1.65. The number of oxazole rings is 1. The minimum atomic E-state index is 0.521. The summed E-state index contributed by atoms with van der Waals surface area (Å²) in [6, 6.07) is 11.3. The minimum absolute atomic E-state index is 0.521. The molecule has 4 aromatic rings. The topological polar surface area (TPSA) is 82.8 Å². The molecule has 0 fully saturated rings. The molecule has 1 aromatic carbocycles. The number of halogens is 1. The molecule has 0 unspecified atom stereocenters. The van der Waals surface area contributed by atoms with Crippen molar-refractivity contribution in [2.75, 3.05) is 5.84 Å². The highest BCUT2D eigenvalue weighted by Crippen LogP contribution is 2.29. The van der Waals surface area contributed by atoms with E-state index in [-0.39, 0.29) is 0 Å². The normalized spacial score (nSPS) is 11.1. The fourth-order valence-corrected chi connectivity index (χ4v) is 3.84. The zero-order chi connectivity index (χ0) is 17.2. The van der Waals surface area contributed by atoms with Gasteiger partial charge in [0.05, 0.1) is 15.6 Å². The second-order valence-corrected chi connectivity index (χ2v) is 7.36. The number of hydrogen-bond acceptors (Lipinski definition) is 7. The van der Waals surface area contributed by atoms with Gasteiger partial charge in [0, 0.05) is 11.3 Å². The van der Waals surface area contributed by atoms with Gasteiger partial charge in [-0.3, -0.25) is 0 Å². The molecule has 0 radical (unpaired) electrons. The third kappa shape index (κ3) is 3.28. The molecule has 6 nitrogen and oxygen atoms in total. The highest BCUT2D eigenvalue weighted by molar-refractivity contribution is 7.98. The lowest BCUT2D eigenvalue weighted by Crippen LogP contribution is -2.11. The Morgan fingerprint density at radius 3 is 2.88 bits per heavy atom. The average molecular weight is 390 g/mol. The number of nitrogens with zero attached hydrogens (tertiary/aromatic N) is 4. The molecule has 25 heavy (non-hydrogen) atoms. The molecule has 0 saturated carbocycles. The standard InChI is InChI=1S/C16H12ClN5OS2/c17-12-5-2-1-4-11(12)14-20-21-16(22(14)18)25-9-10-8-23-15(19-10)13-6-3-7-24-13/h1-8H,9,18H2. The molecule has 3 aromatic heterocycles. The van der Waals surface area contributed by atoms with Gasteiger partial charge in [0.2, 0.25) is 11.0 Å². The number of rotatable bonds is 5. The molecule has 126 valence electrons. The number of benzene rings is 1. The van der Waals surface area contributed by atoms with E-state index in [1.165, 1.54) is 16.4 Å². The van der Waals surface area contributed by atoms with Crippen LogP contribution in [0.25, 0.3) is 22.2 Å². The highest BCUT2D eigenvalue weighted by Gasteiger charge is 2.15. The van der Waals surface area contributed by atoms with Crippen LogP contribution in [0, 0.1) is 0 Å². The van der Waals surface area contributed by atoms with E-state index in [9.17, 15) is 0 Å². The predicted molar refractivity (Wildman–Crippen MR) is 100.0 cm³/mol. The highest BCUT2D eigenvalue weighted by atomic mass is 35.5. The summed E-state index contributed by atoms with van der Waals surface area (Å²) >= 11 is 9.22. The Morgan fingerprint density at radius 1 is 1.20 bits per heavy atom. The van der Waals surface area contributed by atoms with Gasteiger partial charge in [0.15, 0.2) is 5.82 Å². The van der Waals surface area contributed by atoms with Crippen molar-refractivity contribution in [3.05, 3.63) is 58.8 Å². The molecule has 0 amide bonds. The SMILES string of the molecule is Nn1c(SCc2coc(-c3cccs3)n2)nnc1-c1ccccc1Cl. The quantitative estimate of drug-likeness (QED) is 0.404. The van der Waals surface area contributed by atoms with Gasteiger partial charge in [-0.25, -0.2) is 9.66 Å². The van der Waals surface area contributed by atoms with E-state index in [0.717, 1.165) is 16.1 Å². The van der Waals surface area contributed by atoms with Crippen molar-refractivity contribution >= 4 is 34.7 Å². The van der Waals surface area contributed by atoms with E-state index in [1.54, 1.807) is 23.7 Å². The lowest BCUT2D eigenvalue weighted by Gasteiger charge is -2.04. The molecule has 0 saturated heterocycles. The monoisotopic (exact) mass is 389 g/mol. The van der Waals surface area contributed by atoms with Gasteiger partial charge in [0.1, 0.15) is 6.26 Å². The fraction of sp³-hybridized carbons (Fsp3) is 0.0625. The van der Waals surface area contributed by atoms with Crippen LogP contribution in [0.5, 0.6) is 0 Å². The Kier molecular flexibility index (Phi) is 4.48. The first-order chi connectivity index (χ1) is 12.2. The van der Waals surface area contributed by atoms with Crippen molar-refractivity contribution in [2.24, 2.45) is 0 Å². The van der Waals surface area contributed by atoms with Crippen molar-refractivity contribution in [3.63, 3.8) is 0 Å². The lowest BCUT2D eigenvalue weighted by atomic mass is 10.2. The summed E-state index contributed by atoms with van der Waals surface area (Å²) in [5.74, 6) is 7.84. The second kappa shape index (κ2) is 6.91. The molecular weight excluding hydrogens is 378 g/mol. The third-order valence-electron chi connectivity index (χ3n) is 3.41. The maximum Gasteiger partial charge on any atom is 0.236 e. The molecule has 0 atom stereocenters. The molecular formula is C16H12ClN5OS2. The van der Waals surface area contributed by atoms with E-state index in [4.69, 9.17) is 21.9 Å². The van der Waals surface area contributed by atoms with Gasteiger partial charge in [-0.2, -0.15) is 0 Å². The predicted octanol–water partition coefficient (Wildman–Crippen LogP) is 4.32. The van der Waals surface area contributed by atoms with Gasteiger partial charge in [-0.05, 0) is 23.6 Å². The van der Waals surface area contributed by atoms with Crippen LogP contribution in [-0.4, -0.2) is 19.9 Å². The van der Waals surface area contributed by atoms with E-state index >= 15 is 0 Å². The van der Waals surface area contributed by atoms with E-state index in [1.807, 2.05) is 35.7 Å². The molecule has 0 aliphatic heterocycles. The number of hydrogen-bond donors (Lipinski definition) is 1. The first-order valence-electron chi connectivity index (χ1n) is 7.29. The number of nitrogen functional groups attached to an aromatic ring is 1. The Hall–Kier alpha value is -2.29. The van der Waals surface area contributed by atoms with Crippen molar-refractivity contribution in [1.82, 2.24) is 19.9 Å². The zero-order valence-electron chi connectivity index (χ0n) is 12.8. The second-order valence-electron chi connectivity index (χ2n) is 5.07. The first kappa shape index (κ1) is 16.2. The summed E-state index contributed by atoms with van der Waals surface area (Å²) in [6.45, 7) is 0. The Morgan fingerprint density at radius 2 is 2.08 bits per heavy atom. The van der Waals surface area contributed by atoms with Crippen LogP contribution in [0.2, 0.25) is 5.02 Å². The van der Waals surface area contributed by atoms with Crippen LogP contribution in [0.1, 0.15) is 5.69 Å². The summed E-state index contributed by atoms with van der Waals surface area (Å²) in [5, 5.41) is 11.4. The van der Waals surface area contributed by atoms with Gasteiger partial charge in [-0.1, -0.05) is 41.6 Å². The number of nitrogens with two attached hydrogens (primary N) is 1. The maximum absolute atomic E-state index is 6.20. The van der Waals surface area contributed by atoms with Crippen LogP contribution in [0.15, 0.2) is 57.6 Å². The number of thioether (sulfide) groups is 1. The average Bonchev–Trinajstić information content (AvgIpc) is 3.35. The van der Waals surface area contributed by atoms with Gasteiger partial charge >= 0.3 is 0 Å². The summed E-state index contributed by atoms with van der Waals surface area (Å²) in [7, 11) is 0. The molecule has 9 heteroatoms. The van der Waals surface area contributed by atoms with Crippen LogP contribution < -0.4 is 5.84 Å². The van der Waals surface area contributed by atoms with Crippen molar-refractivity contribution in [1.29, 1.82) is 0 Å². The minimum Gasteiger partial charge on any atom is -0.444 e. The molecule has 2 N–H and O–H groups in total. The smallest absolute Gasteiger partial charge is 0.236 e. The van der Waals surface area contributed by atoms with Crippen molar-refractivity contribution in [2.45, 2.75) is 10.9 Å². The number of thiophene rings is 1. The van der Waals surface area contributed by atoms with Gasteiger partial charge in [0.25, 0.3) is 0 Å². The largest absolute Gasteiger partial charge is 0.444 e. The van der Waals surface area contributed by atoms with Crippen molar-refractivity contribution < 1.29 is 4.42 Å². The van der Waals surface area contributed by atoms with E-state index < -0.39 is 0 Å². The maximum atomic E-state index is 6.20.